The lowest BCUT2D eigenvalue weighted by atomic mass is 9.96. The summed E-state index contributed by atoms with van der Waals surface area (Å²) in [5, 5.41) is 4.20. The van der Waals surface area contributed by atoms with Crippen LogP contribution in [0, 0.1) is 24.7 Å². The fraction of sp³-hybridized carbons (Fsp3) is 0.324. The summed E-state index contributed by atoms with van der Waals surface area (Å²) in [6.07, 6.45) is 1.57. The van der Waals surface area contributed by atoms with Gasteiger partial charge in [0.2, 0.25) is 5.88 Å². The Morgan fingerprint density at radius 2 is 1.69 bits per heavy atom. The maximum atomic E-state index is 13.1. The number of nitrogens with zero attached hydrogens (tertiary/aromatic N) is 5. The number of anilines is 2. The predicted molar refractivity (Wildman–Crippen MR) is 189 cm³/mol. The average Bonchev–Trinajstić information content (AvgIpc) is 3.62. The van der Waals surface area contributed by atoms with Crippen LogP contribution in [0.3, 0.4) is 0 Å². The van der Waals surface area contributed by atoms with Crippen molar-refractivity contribution in [2.75, 3.05) is 32.1 Å². The third kappa shape index (κ3) is 5.66. The van der Waals surface area contributed by atoms with Crippen LogP contribution in [-0.2, 0) is 30.2 Å². The first kappa shape index (κ1) is 32.5. The molecule has 2 atom stereocenters. The maximum Gasteiger partial charge on any atom is 0.330 e. The number of hydrogen-bond acceptors (Lipinski definition) is 9. The van der Waals surface area contributed by atoms with E-state index in [2.05, 4.69) is 15.2 Å². The molecule has 2 unspecified atom stereocenters. The number of likely N-dealkylation sites (tertiary alicyclic amines) is 1. The molecular formula is C37H37ClN6O5. The molecule has 252 valence electrons. The number of halogens is 1. The van der Waals surface area contributed by atoms with Crippen LogP contribution in [0.2, 0.25) is 5.02 Å². The number of carbonyl (C=O) groups excluding carboxylic acids is 1. The van der Waals surface area contributed by atoms with Gasteiger partial charge in [0, 0.05) is 62.3 Å². The molecule has 1 N–H and O–H groups in total. The van der Waals surface area contributed by atoms with Crippen molar-refractivity contribution < 1.29 is 14.3 Å². The number of carbonyl (C=O) groups is 1. The van der Waals surface area contributed by atoms with E-state index < -0.39 is 11.2 Å². The molecule has 2 fully saturated rings. The van der Waals surface area contributed by atoms with E-state index in [1.165, 1.54) is 11.6 Å². The minimum Gasteiger partial charge on any atom is -0.481 e. The van der Waals surface area contributed by atoms with Gasteiger partial charge < -0.3 is 14.8 Å². The van der Waals surface area contributed by atoms with Crippen molar-refractivity contribution in [3.05, 3.63) is 97.8 Å². The largest absolute Gasteiger partial charge is 0.481 e. The van der Waals surface area contributed by atoms with Gasteiger partial charge in [0.15, 0.2) is 0 Å². The van der Waals surface area contributed by atoms with Crippen molar-refractivity contribution in [1.29, 1.82) is 0 Å². The lowest BCUT2D eigenvalue weighted by Gasteiger charge is -2.20. The van der Waals surface area contributed by atoms with E-state index in [9.17, 15) is 14.4 Å². The molecule has 1 saturated heterocycles. The molecule has 11 nitrogen and oxygen atoms in total. The van der Waals surface area contributed by atoms with Crippen LogP contribution in [0.4, 0.5) is 11.5 Å². The number of aromatic nitrogens is 4. The molecule has 1 saturated carbocycles. The van der Waals surface area contributed by atoms with Gasteiger partial charge in [-0.3, -0.25) is 23.6 Å². The first-order valence-corrected chi connectivity index (χ1v) is 16.6. The highest BCUT2D eigenvalue weighted by Gasteiger charge is 2.60. The SMILES string of the molecule is CCOC(=O)C1C2CN(Cc3ccc(-c4cccc(-c5cccc(Nc6nccc7c6c(=O)n(C)c(=O)n7C)c5C)c4Cl)nc3OC)CC21. The standard InChI is InChI=1S/C37H37ClN6O5/c1-6-49-36(46)30-25-18-44(19-26(25)30)17-21-13-14-28(41-34(21)48-5)24-11-7-10-23(32(24)38)22-9-8-12-27(20(22)2)40-33-31-29(15-16-39-33)42(3)37(47)43(4)35(31)45/h7-16,25-26,30H,6,17-19H2,1-5H3,(H,39,40). The van der Waals surface area contributed by atoms with E-state index in [4.69, 9.17) is 26.1 Å². The van der Waals surface area contributed by atoms with Crippen molar-refractivity contribution in [2.24, 2.45) is 31.8 Å². The highest BCUT2D eigenvalue weighted by Crippen LogP contribution is 2.52. The molecule has 0 bridgehead atoms. The van der Waals surface area contributed by atoms with Crippen LogP contribution in [0.25, 0.3) is 33.3 Å². The molecule has 2 aromatic carbocycles. The summed E-state index contributed by atoms with van der Waals surface area (Å²) in [4.78, 5) is 49.5. The quantitative estimate of drug-likeness (QED) is 0.206. The molecule has 1 aliphatic heterocycles. The van der Waals surface area contributed by atoms with Crippen LogP contribution in [-0.4, -0.2) is 56.8 Å². The molecule has 12 heteroatoms. The highest BCUT2D eigenvalue weighted by molar-refractivity contribution is 6.36. The van der Waals surface area contributed by atoms with Crippen molar-refractivity contribution >= 4 is 40.0 Å². The number of piperidine rings is 1. The second-order valence-electron chi connectivity index (χ2n) is 12.7. The topological polar surface area (TPSA) is 121 Å². The van der Waals surface area contributed by atoms with Crippen LogP contribution < -0.4 is 21.3 Å². The van der Waals surface area contributed by atoms with E-state index in [0.717, 1.165) is 51.2 Å². The molecule has 1 aliphatic carbocycles. The molecule has 3 aromatic heterocycles. The second kappa shape index (κ2) is 12.8. The van der Waals surface area contributed by atoms with E-state index >= 15 is 0 Å². The Morgan fingerprint density at radius 3 is 2.43 bits per heavy atom. The average molecular weight is 681 g/mol. The number of pyridine rings is 2. The van der Waals surface area contributed by atoms with Gasteiger partial charge in [-0.15, -0.1) is 0 Å². The Balaban J connectivity index is 1.15. The van der Waals surface area contributed by atoms with Crippen LogP contribution in [0.15, 0.2) is 70.4 Å². The Labute approximate surface area is 288 Å². The zero-order chi connectivity index (χ0) is 34.6. The Kier molecular flexibility index (Phi) is 8.50. The zero-order valence-electron chi connectivity index (χ0n) is 28.0. The summed E-state index contributed by atoms with van der Waals surface area (Å²) in [6, 6.07) is 17.3. The number of ether oxygens (including phenoxy) is 2. The monoisotopic (exact) mass is 680 g/mol. The van der Waals surface area contributed by atoms with Gasteiger partial charge in [0.25, 0.3) is 5.56 Å². The first-order chi connectivity index (χ1) is 23.6. The molecule has 49 heavy (non-hydrogen) atoms. The Morgan fingerprint density at radius 1 is 0.980 bits per heavy atom. The summed E-state index contributed by atoms with van der Waals surface area (Å²) in [7, 11) is 4.71. The molecule has 0 radical (unpaired) electrons. The van der Waals surface area contributed by atoms with Gasteiger partial charge in [-0.1, -0.05) is 48.0 Å². The Bertz CT molecular complexity index is 2240. The van der Waals surface area contributed by atoms with Crippen LogP contribution in [0.5, 0.6) is 5.88 Å². The summed E-state index contributed by atoms with van der Waals surface area (Å²) >= 11 is 7.13. The minimum atomic E-state index is -0.424. The lowest BCUT2D eigenvalue weighted by Crippen LogP contribution is -2.37. The maximum absolute atomic E-state index is 13.1. The summed E-state index contributed by atoms with van der Waals surface area (Å²) in [5.41, 5.74) is 5.45. The van der Waals surface area contributed by atoms with E-state index in [1.54, 1.807) is 26.4 Å². The summed E-state index contributed by atoms with van der Waals surface area (Å²) in [6.45, 7) is 6.63. The second-order valence-corrected chi connectivity index (χ2v) is 13.1. The van der Waals surface area contributed by atoms with Gasteiger partial charge in [-0.25, -0.2) is 14.8 Å². The number of benzene rings is 2. The lowest BCUT2D eigenvalue weighted by molar-refractivity contribution is -0.145. The number of aryl methyl sites for hydroxylation is 1. The van der Waals surface area contributed by atoms with Gasteiger partial charge in [-0.2, -0.15) is 0 Å². The number of esters is 1. The molecule has 0 amide bonds. The fourth-order valence-electron chi connectivity index (χ4n) is 7.24. The van der Waals surface area contributed by atoms with Gasteiger partial charge in [-0.05, 0) is 55.0 Å². The molecule has 4 heterocycles. The molecule has 0 spiro atoms. The number of hydrogen-bond donors (Lipinski definition) is 1. The van der Waals surface area contributed by atoms with Gasteiger partial charge in [0.1, 0.15) is 11.2 Å². The van der Waals surface area contributed by atoms with Crippen molar-refractivity contribution in [3.8, 4) is 28.3 Å². The van der Waals surface area contributed by atoms with Crippen LogP contribution >= 0.6 is 11.6 Å². The fourth-order valence-corrected chi connectivity index (χ4v) is 7.56. The smallest absolute Gasteiger partial charge is 0.330 e. The molecule has 2 aliphatic rings. The summed E-state index contributed by atoms with van der Waals surface area (Å²) in [5.74, 6) is 1.59. The van der Waals surface area contributed by atoms with Crippen molar-refractivity contribution in [3.63, 3.8) is 0 Å². The van der Waals surface area contributed by atoms with Crippen molar-refractivity contribution in [1.82, 2.24) is 24.0 Å². The summed E-state index contributed by atoms with van der Waals surface area (Å²) < 4.78 is 13.5. The number of methoxy groups -OCH3 is 1. The highest BCUT2D eigenvalue weighted by atomic mass is 35.5. The first-order valence-electron chi connectivity index (χ1n) is 16.3. The Hall–Kier alpha value is -5.00. The van der Waals surface area contributed by atoms with Crippen molar-refractivity contribution in [2.45, 2.75) is 20.4 Å². The number of rotatable bonds is 9. The minimum absolute atomic E-state index is 0.0358. The molecule has 5 aromatic rings. The normalized spacial score (nSPS) is 18.4. The third-order valence-electron chi connectivity index (χ3n) is 9.89. The van der Waals surface area contributed by atoms with Gasteiger partial charge >= 0.3 is 11.7 Å². The predicted octanol–water partition coefficient (Wildman–Crippen LogP) is 5.32. The van der Waals surface area contributed by atoms with Gasteiger partial charge in [0.05, 0.1) is 35.9 Å². The number of fused-ring (bicyclic) bond motifs is 2. The van der Waals surface area contributed by atoms with E-state index in [-0.39, 0.29) is 11.9 Å². The third-order valence-corrected chi connectivity index (χ3v) is 10.3. The zero-order valence-corrected chi connectivity index (χ0v) is 28.7. The van der Waals surface area contributed by atoms with E-state index in [1.807, 2.05) is 62.4 Å². The molecule has 7 rings (SSSR count). The van der Waals surface area contributed by atoms with E-state index in [0.29, 0.717) is 58.3 Å². The number of nitrogens with one attached hydrogen (secondary N) is 1. The molecular weight excluding hydrogens is 644 g/mol. The van der Waals surface area contributed by atoms with Crippen LogP contribution in [0.1, 0.15) is 18.1 Å².